The molecule has 0 radical (unpaired) electrons. The molecule has 30 heavy (non-hydrogen) atoms. The van der Waals surface area contributed by atoms with Gasteiger partial charge in [-0.15, -0.1) is 22.7 Å². The van der Waals surface area contributed by atoms with E-state index in [-0.39, 0.29) is 17.9 Å². The highest BCUT2D eigenvalue weighted by Gasteiger charge is 2.37. The molecule has 2 saturated heterocycles. The van der Waals surface area contributed by atoms with Crippen LogP contribution < -0.4 is 0 Å². The minimum absolute atomic E-state index is 0.00686. The van der Waals surface area contributed by atoms with Crippen molar-refractivity contribution in [2.45, 2.75) is 44.1 Å². The number of para-hydroxylation sites is 1. The van der Waals surface area contributed by atoms with Gasteiger partial charge >= 0.3 is 0 Å². The number of carbonyl (C=O) groups is 2. The topological polar surface area (TPSA) is 53.5 Å². The van der Waals surface area contributed by atoms with Crippen molar-refractivity contribution in [1.82, 2.24) is 14.8 Å². The number of piperidine rings is 2. The highest BCUT2D eigenvalue weighted by atomic mass is 32.1. The SMILES string of the molecule is O=C(C1CCCCN1C(=O)c1cccs1)N1CCC(c2nc3ccccc3s2)CC1. The van der Waals surface area contributed by atoms with E-state index in [2.05, 4.69) is 18.2 Å². The molecule has 3 aromatic rings. The normalized spacial score (nSPS) is 20.6. The zero-order valence-electron chi connectivity index (χ0n) is 16.8. The summed E-state index contributed by atoms with van der Waals surface area (Å²) in [4.78, 5) is 35.6. The first-order valence-electron chi connectivity index (χ1n) is 10.7. The zero-order chi connectivity index (χ0) is 20.5. The first-order chi connectivity index (χ1) is 14.7. The Morgan fingerprint density at radius 2 is 1.80 bits per heavy atom. The van der Waals surface area contributed by atoms with Crippen molar-refractivity contribution in [3.05, 3.63) is 51.7 Å². The van der Waals surface area contributed by atoms with Gasteiger partial charge < -0.3 is 9.80 Å². The maximum Gasteiger partial charge on any atom is 0.264 e. The molecule has 5 rings (SSSR count). The van der Waals surface area contributed by atoms with Gasteiger partial charge in [-0.2, -0.15) is 0 Å². The first-order valence-corrected chi connectivity index (χ1v) is 12.4. The summed E-state index contributed by atoms with van der Waals surface area (Å²) in [5.41, 5.74) is 1.07. The molecule has 2 amide bonds. The Kier molecular flexibility index (Phi) is 5.56. The standard InChI is InChI=1S/C23H25N3O2S2/c27-22(18-7-3-4-12-26(18)23(28)20-9-5-15-29-20)25-13-10-16(11-14-25)21-24-17-6-1-2-8-19(17)30-21/h1-2,5-6,8-9,15-16,18H,3-4,7,10-14H2. The van der Waals surface area contributed by atoms with Crippen LogP contribution in [0.4, 0.5) is 0 Å². The third kappa shape index (κ3) is 3.76. The quantitative estimate of drug-likeness (QED) is 0.591. The van der Waals surface area contributed by atoms with Gasteiger partial charge in [0, 0.05) is 25.6 Å². The summed E-state index contributed by atoms with van der Waals surface area (Å²) in [6.45, 7) is 2.17. The number of carbonyl (C=O) groups excluding carboxylic acids is 2. The van der Waals surface area contributed by atoms with Crippen molar-refractivity contribution in [2.24, 2.45) is 0 Å². The predicted octanol–water partition coefficient (Wildman–Crippen LogP) is 4.76. The van der Waals surface area contributed by atoms with E-state index in [1.54, 1.807) is 11.3 Å². The highest BCUT2D eigenvalue weighted by molar-refractivity contribution is 7.18. The molecular formula is C23H25N3O2S2. The average molecular weight is 440 g/mol. The fourth-order valence-electron chi connectivity index (χ4n) is 4.60. The Morgan fingerprint density at radius 1 is 0.967 bits per heavy atom. The van der Waals surface area contributed by atoms with Crippen LogP contribution >= 0.6 is 22.7 Å². The number of likely N-dealkylation sites (tertiary alicyclic amines) is 2. The number of aromatic nitrogens is 1. The smallest absolute Gasteiger partial charge is 0.264 e. The summed E-state index contributed by atoms with van der Waals surface area (Å²) in [5, 5.41) is 3.11. The number of thiophene rings is 1. The van der Waals surface area contributed by atoms with Crippen molar-refractivity contribution >= 4 is 44.7 Å². The van der Waals surface area contributed by atoms with Gasteiger partial charge in [-0.3, -0.25) is 9.59 Å². The Bertz CT molecular complexity index is 1000. The molecule has 0 saturated carbocycles. The second kappa shape index (κ2) is 8.47. The Balaban J connectivity index is 1.25. The van der Waals surface area contributed by atoms with Gasteiger partial charge in [-0.1, -0.05) is 18.2 Å². The molecule has 2 aromatic heterocycles. The van der Waals surface area contributed by atoms with Gasteiger partial charge in [0.25, 0.3) is 5.91 Å². The summed E-state index contributed by atoms with van der Waals surface area (Å²) in [6.07, 6.45) is 4.63. The van der Waals surface area contributed by atoms with Crippen molar-refractivity contribution in [3.63, 3.8) is 0 Å². The van der Waals surface area contributed by atoms with Crippen LogP contribution in [0.15, 0.2) is 41.8 Å². The molecule has 7 heteroatoms. The molecule has 0 spiro atoms. The van der Waals surface area contributed by atoms with Gasteiger partial charge in [-0.05, 0) is 55.7 Å². The molecule has 1 unspecified atom stereocenters. The Morgan fingerprint density at radius 3 is 2.57 bits per heavy atom. The number of thiazole rings is 1. The number of rotatable bonds is 3. The van der Waals surface area contributed by atoms with Crippen LogP contribution in [-0.2, 0) is 4.79 Å². The van der Waals surface area contributed by atoms with E-state index < -0.39 is 0 Å². The van der Waals surface area contributed by atoms with Crippen LogP contribution in [-0.4, -0.2) is 52.3 Å². The summed E-state index contributed by atoms with van der Waals surface area (Å²) < 4.78 is 1.23. The minimum Gasteiger partial charge on any atom is -0.341 e. The third-order valence-corrected chi connectivity index (χ3v) is 8.30. The van der Waals surface area contributed by atoms with E-state index in [4.69, 9.17) is 4.98 Å². The van der Waals surface area contributed by atoms with Crippen molar-refractivity contribution < 1.29 is 9.59 Å². The number of hydrogen-bond acceptors (Lipinski definition) is 5. The van der Waals surface area contributed by atoms with Crippen molar-refractivity contribution in [1.29, 1.82) is 0 Å². The average Bonchev–Trinajstić information content (AvgIpc) is 3.48. The summed E-state index contributed by atoms with van der Waals surface area (Å²) in [5.74, 6) is 0.552. The predicted molar refractivity (Wildman–Crippen MR) is 121 cm³/mol. The lowest BCUT2D eigenvalue weighted by Crippen LogP contribution is -2.54. The zero-order valence-corrected chi connectivity index (χ0v) is 18.5. The van der Waals surface area contributed by atoms with Crippen molar-refractivity contribution in [3.8, 4) is 0 Å². The minimum atomic E-state index is -0.313. The molecular weight excluding hydrogens is 414 g/mol. The van der Waals surface area contributed by atoms with E-state index in [0.29, 0.717) is 12.5 Å². The second-order valence-electron chi connectivity index (χ2n) is 8.11. The van der Waals surface area contributed by atoms with Gasteiger partial charge in [0.15, 0.2) is 0 Å². The lowest BCUT2D eigenvalue weighted by Gasteiger charge is -2.39. The fourth-order valence-corrected chi connectivity index (χ4v) is 6.41. The van der Waals surface area contributed by atoms with Crippen LogP contribution in [0.3, 0.4) is 0 Å². The summed E-state index contributed by atoms with van der Waals surface area (Å²) >= 11 is 3.23. The first kappa shape index (κ1) is 19.7. The number of hydrogen-bond donors (Lipinski definition) is 0. The number of benzene rings is 1. The number of fused-ring (bicyclic) bond motifs is 1. The van der Waals surface area contributed by atoms with Crippen LogP contribution in [0.2, 0.25) is 0 Å². The molecule has 2 aliphatic rings. The second-order valence-corrected chi connectivity index (χ2v) is 10.1. The van der Waals surface area contributed by atoms with E-state index >= 15 is 0 Å². The molecule has 1 atom stereocenters. The molecule has 156 valence electrons. The molecule has 4 heterocycles. The number of nitrogens with zero attached hydrogens (tertiary/aromatic N) is 3. The maximum atomic E-state index is 13.3. The molecule has 0 N–H and O–H groups in total. The van der Waals surface area contributed by atoms with Gasteiger partial charge in [-0.25, -0.2) is 4.98 Å². The van der Waals surface area contributed by atoms with Crippen LogP contribution in [0, 0.1) is 0 Å². The molecule has 0 bridgehead atoms. The lowest BCUT2D eigenvalue weighted by atomic mass is 9.95. The van der Waals surface area contributed by atoms with E-state index in [0.717, 1.165) is 55.6 Å². The fraction of sp³-hybridized carbons (Fsp3) is 0.435. The van der Waals surface area contributed by atoms with Crippen LogP contribution in [0.25, 0.3) is 10.2 Å². The lowest BCUT2D eigenvalue weighted by molar-refractivity contribution is -0.138. The summed E-state index contributed by atoms with van der Waals surface area (Å²) in [7, 11) is 0. The number of amides is 2. The molecule has 2 aliphatic heterocycles. The summed E-state index contributed by atoms with van der Waals surface area (Å²) in [6, 6.07) is 11.7. The van der Waals surface area contributed by atoms with Gasteiger partial charge in [0.1, 0.15) is 6.04 Å². The molecule has 5 nitrogen and oxygen atoms in total. The monoisotopic (exact) mass is 439 g/mol. The maximum absolute atomic E-state index is 13.3. The third-order valence-electron chi connectivity index (χ3n) is 6.25. The van der Waals surface area contributed by atoms with Crippen molar-refractivity contribution in [2.75, 3.05) is 19.6 Å². The van der Waals surface area contributed by atoms with Gasteiger partial charge in [0.2, 0.25) is 5.91 Å². The van der Waals surface area contributed by atoms with Crippen LogP contribution in [0.5, 0.6) is 0 Å². The molecule has 1 aromatic carbocycles. The van der Waals surface area contributed by atoms with Crippen LogP contribution in [0.1, 0.15) is 52.7 Å². The van der Waals surface area contributed by atoms with E-state index in [1.165, 1.54) is 21.0 Å². The molecule has 2 fully saturated rings. The Labute approximate surface area is 184 Å². The highest BCUT2D eigenvalue weighted by Crippen LogP contribution is 2.34. The molecule has 0 aliphatic carbocycles. The van der Waals surface area contributed by atoms with Gasteiger partial charge in [0.05, 0.1) is 20.1 Å². The van der Waals surface area contributed by atoms with E-state index in [1.807, 2.05) is 33.4 Å². The largest absolute Gasteiger partial charge is 0.341 e. The van der Waals surface area contributed by atoms with E-state index in [9.17, 15) is 9.59 Å². The Hall–Kier alpha value is -2.25.